The number of carbonyl (C=O) groups excluding carboxylic acids is 1. The molecule has 128 valence electrons. The van der Waals surface area contributed by atoms with Crippen molar-refractivity contribution in [1.82, 2.24) is 20.2 Å². The van der Waals surface area contributed by atoms with E-state index in [0.29, 0.717) is 12.1 Å². The third kappa shape index (κ3) is 3.97. The molecule has 1 aromatic heterocycles. The maximum atomic E-state index is 12.2. The van der Waals surface area contributed by atoms with Crippen molar-refractivity contribution in [2.75, 3.05) is 11.9 Å². The van der Waals surface area contributed by atoms with Crippen LogP contribution < -0.4 is 5.32 Å². The molecule has 1 N–H and O–H groups in total. The van der Waals surface area contributed by atoms with Gasteiger partial charge in [-0.15, -0.1) is 5.10 Å². The van der Waals surface area contributed by atoms with Crippen LogP contribution in [0.5, 0.6) is 0 Å². The Bertz CT molecular complexity index is 679. The number of carbonyl (C=O) groups is 1. The first-order valence-corrected chi connectivity index (χ1v) is 8.56. The number of rotatable bonds is 6. The molecule has 0 atom stereocenters. The topological polar surface area (TPSA) is 81.9 Å². The monoisotopic (exact) mass is 329 g/mol. The Hall–Kier alpha value is -2.28. The van der Waals surface area contributed by atoms with E-state index >= 15 is 0 Å². The van der Waals surface area contributed by atoms with Crippen molar-refractivity contribution in [1.29, 1.82) is 0 Å². The standard InChI is InChI=1S/C17H23N5O2/c1-2-16-19-20-21-22(16)15-11-7-6-10-14(15)18-17(23)12-24-13-8-4-3-5-9-13/h6-7,10-11,13H,2-5,8-9,12H2,1H3,(H,18,23). The molecule has 0 aliphatic heterocycles. The zero-order valence-electron chi connectivity index (χ0n) is 13.9. The van der Waals surface area contributed by atoms with Crippen LogP contribution in [0.2, 0.25) is 0 Å². The highest BCUT2D eigenvalue weighted by Gasteiger charge is 2.16. The van der Waals surface area contributed by atoms with Crippen molar-refractivity contribution >= 4 is 11.6 Å². The predicted molar refractivity (Wildman–Crippen MR) is 90.0 cm³/mol. The van der Waals surface area contributed by atoms with E-state index in [2.05, 4.69) is 20.8 Å². The molecule has 0 bridgehead atoms. The lowest BCUT2D eigenvalue weighted by Gasteiger charge is -2.21. The van der Waals surface area contributed by atoms with Gasteiger partial charge < -0.3 is 10.1 Å². The number of hydrogen-bond donors (Lipinski definition) is 1. The highest BCUT2D eigenvalue weighted by Crippen LogP contribution is 2.22. The van der Waals surface area contributed by atoms with Crippen molar-refractivity contribution < 1.29 is 9.53 Å². The number of nitrogens with one attached hydrogen (secondary N) is 1. The van der Waals surface area contributed by atoms with Gasteiger partial charge in [0.25, 0.3) is 0 Å². The van der Waals surface area contributed by atoms with Crippen molar-refractivity contribution in [3.8, 4) is 5.69 Å². The summed E-state index contributed by atoms with van der Waals surface area (Å²) in [6.45, 7) is 2.07. The molecule has 1 fully saturated rings. The number of hydrogen-bond acceptors (Lipinski definition) is 5. The molecule has 2 aromatic rings. The molecule has 1 aliphatic carbocycles. The van der Waals surface area contributed by atoms with Crippen LogP contribution in [0.4, 0.5) is 5.69 Å². The fourth-order valence-electron chi connectivity index (χ4n) is 2.99. The maximum absolute atomic E-state index is 12.2. The molecule has 7 heteroatoms. The van der Waals surface area contributed by atoms with Crippen LogP contribution in [0.1, 0.15) is 44.9 Å². The van der Waals surface area contributed by atoms with E-state index in [1.54, 1.807) is 4.68 Å². The Labute approximate surface area is 141 Å². The number of aromatic nitrogens is 4. The summed E-state index contributed by atoms with van der Waals surface area (Å²) in [4.78, 5) is 12.2. The maximum Gasteiger partial charge on any atom is 0.250 e. The molecule has 24 heavy (non-hydrogen) atoms. The summed E-state index contributed by atoms with van der Waals surface area (Å²) in [6.07, 6.45) is 6.67. The van der Waals surface area contributed by atoms with Gasteiger partial charge in [-0.1, -0.05) is 38.3 Å². The van der Waals surface area contributed by atoms with Crippen molar-refractivity contribution in [2.24, 2.45) is 0 Å². The minimum Gasteiger partial charge on any atom is -0.368 e. The molecule has 1 heterocycles. The van der Waals surface area contributed by atoms with Gasteiger partial charge in [0, 0.05) is 6.42 Å². The van der Waals surface area contributed by atoms with Crippen LogP contribution >= 0.6 is 0 Å². The summed E-state index contributed by atoms with van der Waals surface area (Å²) in [6, 6.07) is 7.49. The summed E-state index contributed by atoms with van der Waals surface area (Å²) >= 11 is 0. The molecule has 1 aromatic carbocycles. The quantitative estimate of drug-likeness (QED) is 0.880. The van der Waals surface area contributed by atoms with Crippen LogP contribution in [-0.2, 0) is 16.0 Å². The fraction of sp³-hybridized carbons (Fsp3) is 0.529. The van der Waals surface area contributed by atoms with Gasteiger partial charge in [0.05, 0.1) is 17.5 Å². The van der Waals surface area contributed by atoms with E-state index in [9.17, 15) is 4.79 Å². The minimum atomic E-state index is -0.154. The summed E-state index contributed by atoms with van der Waals surface area (Å²) in [5.41, 5.74) is 1.43. The Balaban J connectivity index is 1.65. The first-order valence-electron chi connectivity index (χ1n) is 8.56. The van der Waals surface area contributed by atoms with E-state index in [1.165, 1.54) is 19.3 Å². The van der Waals surface area contributed by atoms with Gasteiger partial charge in [0.15, 0.2) is 5.82 Å². The number of tetrazole rings is 1. The Morgan fingerprint density at radius 1 is 1.29 bits per heavy atom. The minimum absolute atomic E-state index is 0.0786. The van der Waals surface area contributed by atoms with Gasteiger partial charge in [-0.25, -0.2) is 0 Å². The smallest absolute Gasteiger partial charge is 0.250 e. The van der Waals surface area contributed by atoms with Gasteiger partial charge in [-0.3, -0.25) is 4.79 Å². The average molecular weight is 329 g/mol. The predicted octanol–water partition coefficient (Wildman–Crippen LogP) is 2.51. The van der Waals surface area contributed by atoms with Crippen LogP contribution in [0.15, 0.2) is 24.3 Å². The molecule has 0 unspecified atom stereocenters. The second-order valence-electron chi connectivity index (χ2n) is 6.00. The normalized spacial score (nSPS) is 15.4. The van der Waals surface area contributed by atoms with Crippen molar-refractivity contribution in [3.63, 3.8) is 0 Å². The summed E-state index contributed by atoms with van der Waals surface area (Å²) < 4.78 is 7.38. The lowest BCUT2D eigenvalue weighted by molar-refractivity contribution is -0.123. The van der Waals surface area contributed by atoms with Crippen molar-refractivity contribution in [3.05, 3.63) is 30.1 Å². The Morgan fingerprint density at radius 2 is 2.08 bits per heavy atom. The molecular formula is C17H23N5O2. The first-order chi connectivity index (χ1) is 11.8. The lowest BCUT2D eigenvalue weighted by Crippen LogP contribution is -2.25. The Morgan fingerprint density at radius 3 is 2.88 bits per heavy atom. The molecule has 1 saturated carbocycles. The summed E-state index contributed by atoms with van der Waals surface area (Å²) in [5, 5.41) is 14.6. The number of para-hydroxylation sites is 2. The highest BCUT2D eigenvalue weighted by atomic mass is 16.5. The van der Waals surface area contributed by atoms with Crippen LogP contribution in [0.25, 0.3) is 5.69 Å². The summed E-state index contributed by atoms with van der Waals surface area (Å²) in [5.74, 6) is 0.592. The number of ether oxygens (including phenoxy) is 1. The average Bonchev–Trinajstić information content (AvgIpc) is 3.10. The highest BCUT2D eigenvalue weighted by molar-refractivity contribution is 5.93. The molecule has 0 radical (unpaired) electrons. The van der Waals surface area contributed by atoms with Gasteiger partial charge in [-0.2, -0.15) is 4.68 Å². The molecule has 1 amide bonds. The molecule has 3 rings (SSSR count). The van der Waals surface area contributed by atoms with Crippen molar-refractivity contribution in [2.45, 2.75) is 51.6 Å². The fourth-order valence-corrected chi connectivity index (χ4v) is 2.99. The number of aryl methyl sites for hydroxylation is 1. The number of amides is 1. The van der Waals surface area contributed by atoms with E-state index in [0.717, 1.165) is 24.4 Å². The molecule has 7 nitrogen and oxygen atoms in total. The zero-order chi connectivity index (χ0) is 16.8. The van der Waals surface area contributed by atoms with E-state index in [4.69, 9.17) is 4.74 Å². The van der Waals surface area contributed by atoms with Gasteiger partial charge >= 0.3 is 0 Å². The summed E-state index contributed by atoms with van der Waals surface area (Å²) in [7, 11) is 0. The van der Waals surface area contributed by atoms with E-state index in [-0.39, 0.29) is 18.6 Å². The van der Waals surface area contributed by atoms with Crippen LogP contribution in [0.3, 0.4) is 0 Å². The third-order valence-electron chi connectivity index (χ3n) is 4.26. The largest absolute Gasteiger partial charge is 0.368 e. The molecular weight excluding hydrogens is 306 g/mol. The number of nitrogens with zero attached hydrogens (tertiary/aromatic N) is 4. The lowest BCUT2D eigenvalue weighted by atomic mass is 9.98. The Kier molecular flexibility index (Phi) is 5.53. The van der Waals surface area contributed by atoms with E-state index in [1.807, 2.05) is 31.2 Å². The van der Waals surface area contributed by atoms with Gasteiger partial charge in [0.1, 0.15) is 6.61 Å². The number of anilines is 1. The van der Waals surface area contributed by atoms with E-state index < -0.39 is 0 Å². The van der Waals surface area contributed by atoms with Gasteiger partial charge in [0.2, 0.25) is 5.91 Å². The number of benzene rings is 1. The first kappa shape index (κ1) is 16.6. The molecule has 0 saturated heterocycles. The van der Waals surface area contributed by atoms with Crippen LogP contribution in [0, 0.1) is 0 Å². The molecule has 1 aliphatic rings. The third-order valence-corrected chi connectivity index (χ3v) is 4.26. The zero-order valence-corrected chi connectivity index (χ0v) is 13.9. The van der Waals surface area contributed by atoms with Gasteiger partial charge in [-0.05, 0) is 35.4 Å². The van der Waals surface area contributed by atoms with Crippen LogP contribution in [-0.4, -0.2) is 38.8 Å². The SMILES string of the molecule is CCc1nnnn1-c1ccccc1NC(=O)COC1CCCCC1. The second kappa shape index (κ2) is 8.01. The molecule has 0 spiro atoms. The second-order valence-corrected chi connectivity index (χ2v) is 6.00.